The molecule has 0 aromatic rings. The molecule has 0 spiro atoms. The highest BCUT2D eigenvalue weighted by atomic mass is 35.5. The van der Waals surface area contributed by atoms with Crippen LogP contribution in [0.15, 0.2) is 0 Å². The van der Waals surface area contributed by atoms with Crippen LogP contribution in [-0.4, -0.2) is 46.7 Å². The number of hydrogen-bond donors (Lipinski definition) is 4. The molecule has 0 atom stereocenters. The first kappa shape index (κ1) is 23.9. The van der Waals surface area contributed by atoms with Gasteiger partial charge in [-0.3, -0.25) is 9.59 Å². The van der Waals surface area contributed by atoms with Gasteiger partial charge in [0.2, 0.25) is 0 Å². The lowest BCUT2D eigenvalue weighted by atomic mass is 9.83. The van der Waals surface area contributed by atoms with Gasteiger partial charge in [-0.05, 0) is 25.9 Å². The molecule has 0 aliphatic rings. The quantitative estimate of drug-likeness (QED) is 0.434. The predicted molar refractivity (Wildman–Crippen MR) is 81.5 cm³/mol. The van der Waals surface area contributed by atoms with E-state index >= 15 is 0 Å². The predicted octanol–water partition coefficient (Wildman–Crippen LogP) is 0.806. The number of thioether (sulfide) groups is 1. The normalized spacial score (nSPS) is 10.2. The van der Waals surface area contributed by atoms with Crippen LogP contribution < -0.4 is 11.5 Å². The van der Waals surface area contributed by atoms with Crippen LogP contribution in [0.4, 0.5) is 0 Å². The number of hydrogen-bond acceptors (Lipinski definition) is 5. The fourth-order valence-electron chi connectivity index (χ4n) is 1.52. The van der Waals surface area contributed by atoms with E-state index in [0.29, 0.717) is 24.3 Å². The number of nitrogens with two attached hydrogens (primary N) is 2. The lowest BCUT2D eigenvalue weighted by Crippen LogP contribution is -2.38. The summed E-state index contributed by atoms with van der Waals surface area (Å²) in [6, 6.07) is 0. The lowest BCUT2D eigenvalue weighted by molar-refractivity contribution is -0.148. The first-order chi connectivity index (χ1) is 7.98. The average Bonchev–Trinajstić information content (AvgIpc) is 2.24. The number of rotatable bonds is 10. The molecule has 6 N–H and O–H groups in total. The molecular weight excluding hydrogens is 315 g/mol. The summed E-state index contributed by atoms with van der Waals surface area (Å²) in [6.07, 6.45) is 0.755. The molecule has 9 heteroatoms. The van der Waals surface area contributed by atoms with Gasteiger partial charge in [0.05, 0.1) is 11.8 Å². The molecule has 0 saturated heterocycles. The Bertz CT molecular complexity index is 264. The van der Waals surface area contributed by atoms with Crippen LogP contribution in [0.3, 0.4) is 0 Å². The van der Waals surface area contributed by atoms with Crippen molar-refractivity contribution < 1.29 is 19.8 Å². The largest absolute Gasteiger partial charge is 0.481 e. The summed E-state index contributed by atoms with van der Waals surface area (Å²) in [7, 11) is 0. The topological polar surface area (TPSA) is 127 Å². The van der Waals surface area contributed by atoms with Gasteiger partial charge in [-0.25, -0.2) is 0 Å². The van der Waals surface area contributed by atoms with Crippen molar-refractivity contribution >= 4 is 48.5 Å². The van der Waals surface area contributed by atoms with Crippen LogP contribution in [0.5, 0.6) is 0 Å². The molecule has 0 aromatic carbocycles. The highest BCUT2D eigenvalue weighted by Gasteiger charge is 2.36. The van der Waals surface area contributed by atoms with Crippen molar-refractivity contribution in [2.24, 2.45) is 16.9 Å². The van der Waals surface area contributed by atoms with E-state index in [1.165, 1.54) is 11.8 Å². The molecule has 0 saturated carbocycles. The Hall–Kier alpha value is -0.210. The highest BCUT2D eigenvalue weighted by molar-refractivity contribution is 7.99. The van der Waals surface area contributed by atoms with Gasteiger partial charge in [-0.15, -0.1) is 24.8 Å². The van der Waals surface area contributed by atoms with E-state index in [1.807, 2.05) is 0 Å². The third-order valence-corrected chi connectivity index (χ3v) is 3.79. The van der Waals surface area contributed by atoms with Crippen LogP contribution in [0.2, 0.25) is 0 Å². The maximum atomic E-state index is 11.3. The molecule has 6 nitrogen and oxygen atoms in total. The van der Waals surface area contributed by atoms with Gasteiger partial charge in [0.15, 0.2) is 0 Å². The number of aliphatic carboxylic acids is 2. The van der Waals surface area contributed by atoms with E-state index in [4.69, 9.17) is 16.6 Å². The Kier molecular flexibility index (Phi) is 16.1. The average molecular weight is 337 g/mol. The Morgan fingerprint density at radius 2 is 1.53 bits per heavy atom. The van der Waals surface area contributed by atoms with E-state index in [1.54, 1.807) is 0 Å². The monoisotopic (exact) mass is 336 g/mol. The lowest BCUT2D eigenvalue weighted by Gasteiger charge is -2.28. The molecule has 116 valence electrons. The van der Waals surface area contributed by atoms with E-state index in [2.05, 4.69) is 0 Å². The van der Waals surface area contributed by atoms with Crippen LogP contribution in [0.1, 0.15) is 19.3 Å². The molecule has 0 aliphatic heterocycles. The number of carboxylic acid groups (broad SMARTS) is 2. The second-order valence-corrected chi connectivity index (χ2v) is 4.96. The fraction of sp³-hybridized carbons (Fsp3) is 0.800. The van der Waals surface area contributed by atoms with Crippen molar-refractivity contribution in [2.75, 3.05) is 24.6 Å². The minimum Gasteiger partial charge on any atom is -0.481 e. The van der Waals surface area contributed by atoms with Crippen LogP contribution in [0, 0.1) is 5.41 Å². The van der Waals surface area contributed by atoms with Gasteiger partial charge >= 0.3 is 11.9 Å². The Morgan fingerprint density at radius 1 is 1.05 bits per heavy atom. The second-order valence-electron chi connectivity index (χ2n) is 3.86. The number of carbonyl (C=O) groups is 2. The van der Waals surface area contributed by atoms with Gasteiger partial charge in [0.25, 0.3) is 0 Å². The van der Waals surface area contributed by atoms with E-state index in [-0.39, 0.29) is 44.3 Å². The summed E-state index contributed by atoms with van der Waals surface area (Å²) in [5.74, 6) is -1.03. The first-order valence-electron chi connectivity index (χ1n) is 5.41. The van der Waals surface area contributed by atoms with Crippen molar-refractivity contribution in [3.05, 3.63) is 0 Å². The molecule has 0 radical (unpaired) electrons. The third kappa shape index (κ3) is 9.34. The number of carboxylic acids is 2. The van der Waals surface area contributed by atoms with Gasteiger partial charge in [0, 0.05) is 11.5 Å². The van der Waals surface area contributed by atoms with E-state index in [0.717, 1.165) is 0 Å². The molecule has 0 fully saturated rings. The van der Waals surface area contributed by atoms with Crippen LogP contribution in [-0.2, 0) is 9.59 Å². The Labute approximate surface area is 129 Å². The van der Waals surface area contributed by atoms with Crippen molar-refractivity contribution in [1.29, 1.82) is 0 Å². The summed E-state index contributed by atoms with van der Waals surface area (Å²) >= 11 is 1.32. The molecule has 0 aliphatic carbocycles. The van der Waals surface area contributed by atoms with Crippen LogP contribution >= 0.6 is 36.6 Å². The fourth-order valence-corrected chi connectivity index (χ4v) is 2.79. The maximum Gasteiger partial charge on any atom is 0.310 e. The molecule has 0 rings (SSSR count). The highest BCUT2D eigenvalue weighted by Crippen LogP contribution is 2.31. The van der Waals surface area contributed by atoms with Gasteiger partial charge < -0.3 is 21.7 Å². The Morgan fingerprint density at radius 3 is 1.84 bits per heavy atom. The molecule has 0 heterocycles. The van der Waals surface area contributed by atoms with Crippen LogP contribution in [0.25, 0.3) is 0 Å². The molecule has 0 unspecified atom stereocenters. The second kappa shape index (κ2) is 12.8. The zero-order valence-electron chi connectivity index (χ0n) is 10.5. The standard InChI is InChI=1S/C10H20N2O4S.2ClH/c11-4-2-10(3-5-12,9(15)16)7-17-6-1-8(13)14;;/h1-7,11-12H2,(H,13,14)(H,15,16);2*1H. The minimum absolute atomic E-state index is 0. The van der Waals surface area contributed by atoms with Crippen molar-refractivity contribution in [3.8, 4) is 0 Å². The SMILES string of the molecule is Cl.Cl.NCCC(CCN)(CSCCC(=O)O)C(=O)O. The zero-order valence-corrected chi connectivity index (χ0v) is 13.0. The summed E-state index contributed by atoms with van der Waals surface area (Å²) in [4.78, 5) is 21.6. The third-order valence-electron chi connectivity index (χ3n) is 2.54. The molecule has 0 amide bonds. The van der Waals surface area contributed by atoms with E-state index in [9.17, 15) is 14.7 Å². The molecule has 19 heavy (non-hydrogen) atoms. The minimum atomic E-state index is -0.924. The maximum absolute atomic E-state index is 11.3. The van der Waals surface area contributed by atoms with E-state index < -0.39 is 17.4 Å². The molecule has 0 aromatic heterocycles. The van der Waals surface area contributed by atoms with Gasteiger partial charge in [0.1, 0.15) is 0 Å². The smallest absolute Gasteiger partial charge is 0.310 e. The summed E-state index contributed by atoms with van der Waals surface area (Å²) < 4.78 is 0. The molecule has 0 bridgehead atoms. The first-order valence-corrected chi connectivity index (χ1v) is 6.57. The summed E-state index contributed by atoms with van der Waals surface area (Å²) in [5.41, 5.74) is 9.93. The van der Waals surface area contributed by atoms with Gasteiger partial charge in [-0.1, -0.05) is 0 Å². The van der Waals surface area contributed by atoms with Crippen molar-refractivity contribution in [1.82, 2.24) is 0 Å². The Balaban J connectivity index is -0.00000128. The zero-order chi connectivity index (χ0) is 13.3. The van der Waals surface area contributed by atoms with Crippen molar-refractivity contribution in [2.45, 2.75) is 19.3 Å². The number of halogens is 2. The summed E-state index contributed by atoms with van der Waals surface area (Å²) in [5, 5.41) is 17.7. The summed E-state index contributed by atoms with van der Waals surface area (Å²) in [6.45, 7) is 0.567. The van der Waals surface area contributed by atoms with Crippen molar-refractivity contribution in [3.63, 3.8) is 0 Å². The van der Waals surface area contributed by atoms with Gasteiger partial charge in [-0.2, -0.15) is 11.8 Å². The molecular formula is C10H22Cl2N2O4S.